The molecule has 0 heterocycles. The second-order valence-electron chi connectivity index (χ2n) is 5.05. The van der Waals surface area contributed by atoms with Crippen LogP contribution in [0.5, 0.6) is 0 Å². The highest BCUT2D eigenvalue weighted by Crippen LogP contribution is 2.52. The number of rotatable bonds is 3. The molecule has 0 unspecified atom stereocenters. The summed E-state index contributed by atoms with van der Waals surface area (Å²) < 4.78 is 148. The summed E-state index contributed by atoms with van der Waals surface area (Å²) in [6.07, 6.45) is -6.66. The summed E-state index contributed by atoms with van der Waals surface area (Å²) in [5.41, 5.74) is -2.04. The van der Waals surface area contributed by atoms with Crippen molar-refractivity contribution >= 4 is 20.9 Å². The van der Waals surface area contributed by atoms with Gasteiger partial charge in [0, 0.05) is 16.3 Å². The molecule has 144 valence electrons. The van der Waals surface area contributed by atoms with E-state index in [0.717, 1.165) is 0 Å². The van der Waals surface area contributed by atoms with Crippen LogP contribution in [-0.4, -0.2) is 25.1 Å². The lowest BCUT2D eigenvalue weighted by Gasteiger charge is -2.28. The van der Waals surface area contributed by atoms with Gasteiger partial charge in [0.2, 0.25) is 0 Å². The van der Waals surface area contributed by atoms with Gasteiger partial charge in [-0.25, -0.2) is 8.78 Å². The Hall–Kier alpha value is -2.02. The lowest BCUT2D eigenvalue weighted by molar-refractivity contribution is -0.359. The van der Waals surface area contributed by atoms with E-state index in [-0.39, 0.29) is 24.3 Å². The first-order valence-corrected chi connectivity index (χ1v) is 7.68. The Morgan fingerprint density at radius 2 is 1.38 bits per heavy atom. The molecule has 0 atom stereocenters. The van der Waals surface area contributed by atoms with Gasteiger partial charge >= 0.3 is 18.0 Å². The predicted octanol–water partition coefficient (Wildman–Crippen LogP) is 4.65. The normalized spacial score (nSPS) is 14.1. The highest BCUT2D eigenvalue weighted by atomic mass is 32.2. The maximum absolute atomic E-state index is 13.8. The SMILES string of the molecule is O=S(=O)(O)c1cc(F)c(F)c2cc(C(F)(F)C(F)(F)C(F)(F)F)ccc12. The first-order chi connectivity index (χ1) is 11.5. The third-order valence-corrected chi connectivity index (χ3v) is 4.27. The van der Waals surface area contributed by atoms with E-state index in [2.05, 4.69) is 0 Å². The lowest BCUT2D eigenvalue weighted by Crippen LogP contribution is -2.50. The minimum atomic E-state index is -6.66. The standard InChI is InChI=1S/C13H5F9O3S/c14-8-4-9(26(23,24)25)6-2-1-5(3-7(6)10(8)15)11(16,17)12(18,19)13(20,21)22/h1-4H,(H,23,24,25). The Morgan fingerprint density at radius 1 is 0.846 bits per heavy atom. The first-order valence-electron chi connectivity index (χ1n) is 6.24. The third-order valence-electron chi connectivity index (χ3n) is 3.38. The van der Waals surface area contributed by atoms with Crippen LogP contribution in [0.25, 0.3) is 10.8 Å². The highest BCUT2D eigenvalue weighted by Gasteiger charge is 2.73. The smallest absolute Gasteiger partial charge is 0.282 e. The molecule has 13 heteroatoms. The molecule has 1 N–H and O–H groups in total. The van der Waals surface area contributed by atoms with Crippen LogP contribution in [0.2, 0.25) is 0 Å². The molecular formula is C13H5F9O3S. The van der Waals surface area contributed by atoms with Gasteiger partial charge in [-0.15, -0.1) is 0 Å². The Balaban J connectivity index is 2.84. The molecule has 0 radical (unpaired) electrons. The van der Waals surface area contributed by atoms with Crippen LogP contribution in [0, 0.1) is 11.6 Å². The maximum atomic E-state index is 13.8. The van der Waals surface area contributed by atoms with Crippen molar-refractivity contribution in [3.05, 3.63) is 41.5 Å². The summed E-state index contributed by atoms with van der Waals surface area (Å²) in [5, 5.41) is -2.24. The maximum Gasteiger partial charge on any atom is 0.460 e. The quantitative estimate of drug-likeness (QED) is 0.590. The molecule has 0 saturated carbocycles. The number of fused-ring (bicyclic) bond motifs is 1. The average molecular weight is 412 g/mol. The Morgan fingerprint density at radius 3 is 1.85 bits per heavy atom. The van der Waals surface area contributed by atoms with Crippen molar-refractivity contribution in [3.63, 3.8) is 0 Å². The third kappa shape index (κ3) is 2.98. The van der Waals surface area contributed by atoms with Gasteiger partial charge in [-0.1, -0.05) is 12.1 Å². The van der Waals surface area contributed by atoms with Crippen molar-refractivity contribution in [3.8, 4) is 0 Å². The fraction of sp³-hybridized carbons (Fsp3) is 0.231. The molecule has 0 fully saturated rings. The van der Waals surface area contributed by atoms with Crippen LogP contribution in [0.15, 0.2) is 29.2 Å². The molecule has 0 aromatic heterocycles. The molecule has 0 aliphatic carbocycles. The molecule has 0 saturated heterocycles. The van der Waals surface area contributed by atoms with Gasteiger partial charge in [-0.2, -0.15) is 39.2 Å². The molecule has 0 aliphatic rings. The van der Waals surface area contributed by atoms with Crippen LogP contribution in [-0.2, 0) is 16.0 Å². The average Bonchev–Trinajstić information content (AvgIpc) is 2.48. The Bertz CT molecular complexity index is 980. The van der Waals surface area contributed by atoms with Crippen molar-refractivity contribution < 1.29 is 52.5 Å². The summed E-state index contributed by atoms with van der Waals surface area (Å²) in [4.78, 5) is -1.29. The van der Waals surface area contributed by atoms with E-state index in [1.807, 2.05) is 0 Å². The van der Waals surface area contributed by atoms with Gasteiger partial charge in [-0.3, -0.25) is 4.55 Å². The van der Waals surface area contributed by atoms with Crippen molar-refractivity contribution in [2.24, 2.45) is 0 Å². The molecule has 26 heavy (non-hydrogen) atoms. The van der Waals surface area contributed by atoms with Crippen LogP contribution >= 0.6 is 0 Å². The van der Waals surface area contributed by atoms with E-state index in [4.69, 9.17) is 4.55 Å². The molecule has 2 rings (SSSR count). The second kappa shape index (κ2) is 5.74. The molecule has 0 aliphatic heterocycles. The largest absolute Gasteiger partial charge is 0.460 e. The molecule has 2 aromatic rings. The van der Waals surface area contributed by atoms with Crippen molar-refractivity contribution in [2.75, 3.05) is 0 Å². The number of hydrogen-bond acceptors (Lipinski definition) is 2. The van der Waals surface area contributed by atoms with Crippen LogP contribution < -0.4 is 0 Å². The zero-order valence-corrected chi connectivity index (χ0v) is 12.7. The zero-order valence-electron chi connectivity index (χ0n) is 11.9. The number of benzene rings is 2. The lowest BCUT2D eigenvalue weighted by atomic mass is 9.98. The van der Waals surface area contributed by atoms with Crippen LogP contribution in [0.1, 0.15) is 5.56 Å². The molecule has 0 spiro atoms. The van der Waals surface area contributed by atoms with E-state index >= 15 is 0 Å². The van der Waals surface area contributed by atoms with Crippen molar-refractivity contribution in [1.29, 1.82) is 0 Å². The summed E-state index contributed by atoms with van der Waals surface area (Å²) in [6.45, 7) is 0. The summed E-state index contributed by atoms with van der Waals surface area (Å²) in [6, 6.07) is -0.0259. The number of hydrogen-bond donors (Lipinski definition) is 1. The predicted molar refractivity (Wildman–Crippen MR) is 68.6 cm³/mol. The van der Waals surface area contributed by atoms with Crippen LogP contribution in [0.4, 0.5) is 39.5 Å². The van der Waals surface area contributed by atoms with E-state index in [0.29, 0.717) is 0 Å². The highest BCUT2D eigenvalue weighted by molar-refractivity contribution is 7.86. The first kappa shape index (κ1) is 20.3. The Kier molecular flexibility index (Phi) is 4.48. The summed E-state index contributed by atoms with van der Waals surface area (Å²) in [7, 11) is -5.19. The van der Waals surface area contributed by atoms with Crippen molar-refractivity contribution in [2.45, 2.75) is 22.9 Å². The fourth-order valence-corrected chi connectivity index (χ4v) is 2.80. The molecule has 2 aromatic carbocycles. The van der Waals surface area contributed by atoms with Crippen molar-refractivity contribution in [1.82, 2.24) is 0 Å². The monoisotopic (exact) mass is 412 g/mol. The molecule has 3 nitrogen and oxygen atoms in total. The Labute approximate surface area is 138 Å². The van der Waals surface area contributed by atoms with Crippen LogP contribution in [0.3, 0.4) is 0 Å². The summed E-state index contributed by atoms with van der Waals surface area (Å²) >= 11 is 0. The van der Waals surface area contributed by atoms with E-state index in [9.17, 15) is 47.9 Å². The zero-order chi connectivity index (χ0) is 20.3. The van der Waals surface area contributed by atoms with E-state index < -0.39 is 61.0 Å². The molecule has 0 amide bonds. The topological polar surface area (TPSA) is 54.4 Å². The fourth-order valence-electron chi connectivity index (χ4n) is 2.09. The number of halogens is 9. The van der Waals surface area contributed by atoms with Gasteiger partial charge in [0.25, 0.3) is 10.1 Å². The van der Waals surface area contributed by atoms with E-state index in [1.165, 1.54) is 0 Å². The van der Waals surface area contributed by atoms with E-state index in [1.54, 1.807) is 0 Å². The minimum Gasteiger partial charge on any atom is -0.282 e. The molecular weight excluding hydrogens is 407 g/mol. The van der Waals surface area contributed by atoms with Gasteiger partial charge in [0.05, 0.1) is 0 Å². The second-order valence-corrected chi connectivity index (χ2v) is 6.44. The minimum absolute atomic E-state index is 0.00483. The van der Waals surface area contributed by atoms with Gasteiger partial charge < -0.3 is 0 Å². The van der Waals surface area contributed by atoms with Gasteiger partial charge in [-0.05, 0) is 12.1 Å². The number of alkyl halides is 7. The van der Waals surface area contributed by atoms with Gasteiger partial charge in [0.15, 0.2) is 11.6 Å². The van der Waals surface area contributed by atoms with Gasteiger partial charge in [0.1, 0.15) is 4.90 Å². The summed E-state index contributed by atoms with van der Waals surface area (Å²) in [5.74, 6) is -16.4. The molecule has 0 bridgehead atoms.